The normalized spacial score (nSPS) is 14.1. The van der Waals surface area contributed by atoms with Crippen molar-refractivity contribution in [1.82, 2.24) is 14.9 Å². The van der Waals surface area contributed by atoms with E-state index in [0.717, 1.165) is 48.2 Å². The van der Waals surface area contributed by atoms with E-state index >= 15 is 0 Å². The maximum atomic E-state index is 12.6. The molecule has 30 heavy (non-hydrogen) atoms. The Balaban J connectivity index is 1.53. The van der Waals surface area contributed by atoms with Crippen LogP contribution in [0.1, 0.15) is 33.2 Å². The van der Waals surface area contributed by atoms with Gasteiger partial charge in [0.15, 0.2) is 5.76 Å². The van der Waals surface area contributed by atoms with Crippen molar-refractivity contribution in [2.75, 3.05) is 38.2 Å². The van der Waals surface area contributed by atoms with E-state index in [-0.39, 0.29) is 5.91 Å². The number of furan rings is 1. The molecule has 4 rings (SSSR count). The maximum Gasteiger partial charge on any atom is 0.289 e. The van der Waals surface area contributed by atoms with Gasteiger partial charge >= 0.3 is 0 Å². The van der Waals surface area contributed by atoms with Crippen LogP contribution in [0.3, 0.4) is 0 Å². The molecule has 1 amide bonds. The van der Waals surface area contributed by atoms with Crippen LogP contribution in [0.5, 0.6) is 5.75 Å². The van der Waals surface area contributed by atoms with E-state index in [1.165, 1.54) is 11.8 Å². The summed E-state index contributed by atoms with van der Waals surface area (Å²) in [5.74, 6) is 2.88. The number of anilines is 1. The lowest BCUT2D eigenvalue weighted by Crippen LogP contribution is -2.49. The predicted octanol–water partition coefficient (Wildman–Crippen LogP) is 3.25. The van der Waals surface area contributed by atoms with E-state index in [0.29, 0.717) is 18.8 Å². The zero-order valence-corrected chi connectivity index (χ0v) is 17.6. The molecular formula is C23H26N4O3. The van der Waals surface area contributed by atoms with Crippen molar-refractivity contribution in [3.63, 3.8) is 0 Å². The van der Waals surface area contributed by atoms with E-state index in [1.54, 1.807) is 19.2 Å². The summed E-state index contributed by atoms with van der Waals surface area (Å²) in [6.45, 7) is 6.65. The Bertz CT molecular complexity index is 1010. The molecule has 1 saturated heterocycles. The highest BCUT2D eigenvalue weighted by Crippen LogP contribution is 2.26. The molecule has 1 fully saturated rings. The Morgan fingerprint density at radius 2 is 1.80 bits per heavy atom. The summed E-state index contributed by atoms with van der Waals surface area (Å²) in [4.78, 5) is 26.0. The number of hydrogen-bond acceptors (Lipinski definition) is 6. The first kappa shape index (κ1) is 19.9. The largest absolute Gasteiger partial charge is 0.497 e. The highest BCUT2D eigenvalue weighted by molar-refractivity contribution is 5.91. The van der Waals surface area contributed by atoms with Gasteiger partial charge < -0.3 is 19.0 Å². The standard InChI is InChI=1S/C23H26N4O3/c1-16-20(15-18-6-8-19(29-3)9-7-18)22(25-17(2)24-16)26-10-12-27(13-11-26)23(28)21-5-4-14-30-21/h4-9,14H,10-13,15H2,1-3H3. The summed E-state index contributed by atoms with van der Waals surface area (Å²) in [6, 6.07) is 11.5. The molecule has 0 bridgehead atoms. The molecule has 156 valence electrons. The third kappa shape index (κ3) is 4.15. The van der Waals surface area contributed by atoms with E-state index in [1.807, 2.05) is 30.9 Å². The van der Waals surface area contributed by atoms with Gasteiger partial charge in [-0.1, -0.05) is 12.1 Å². The molecule has 1 aliphatic rings. The number of aryl methyl sites for hydroxylation is 2. The maximum absolute atomic E-state index is 12.6. The molecule has 0 unspecified atom stereocenters. The molecule has 0 saturated carbocycles. The van der Waals surface area contributed by atoms with Crippen LogP contribution >= 0.6 is 0 Å². The SMILES string of the molecule is COc1ccc(Cc2c(C)nc(C)nc2N2CCN(C(=O)c3ccco3)CC2)cc1. The van der Waals surface area contributed by atoms with Gasteiger partial charge in [-0.25, -0.2) is 9.97 Å². The van der Waals surface area contributed by atoms with Gasteiger partial charge in [0.25, 0.3) is 5.91 Å². The average Bonchev–Trinajstić information content (AvgIpc) is 3.30. The zero-order valence-electron chi connectivity index (χ0n) is 17.6. The topological polar surface area (TPSA) is 71.7 Å². The quantitative estimate of drug-likeness (QED) is 0.648. The first-order valence-electron chi connectivity index (χ1n) is 10.1. The molecule has 3 heterocycles. The molecule has 0 N–H and O–H groups in total. The Labute approximate surface area is 176 Å². The van der Waals surface area contributed by atoms with Crippen molar-refractivity contribution in [3.05, 3.63) is 71.1 Å². The second kappa shape index (κ2) is 8.57. The second-order valence-electron chi connectivity index (χ2n) is 7.44. The minimum atomic E-state index is -0.0619. The number of carbonyl (C=O) groups is 1. The molecule has 2 aromatic heterocycles. The lowest BCUT2D eigenvalue weighted by Gasteiger charge is -2.36. The molecule has 7 heteroatoms. The lowest BCUT2D eigenvalue weighted by molar-refractivity contribution is 0.0714. The number of benzene rings is 1. The fourth-order valence-corrected chi connectivity index (χ4v) is 3.81. The fourth-order valence-electron chi connectivity index (χ4n) is 3.81. The van der Waals surface area contributed by atoms with E-state index in [2.05, 4.69) is 22.0 Å². The number of amides is 1. The van der Waals surface area contributed by atoms with Crippen molar-refractivity contribution in [2.24, 2.45) is 0 Å². The van der Waals surface area contributed by atoms with Crippen molar-refractivity contribution < 1.29 is 13.9 Å². The number of methoxy groups -OCH3 is 1. The van der Waals surface area contributed by atoms with Crippen molar-refractivity contribution in [2.45, 2.75) is 20.3 Å². The van der Waals surface area contributed by atoms with Crippen LogP contribution in [0.25, 0.3) is 0 Å². The Kier molecular flexibility index (Phi) is 5.70. The van der Waals surface area contributed by atoms with Crippen LogP contribution in [0.15, 0.2) is 47.1 Å². The molecule has 1 aliphatic heterocycles. The van der Waals surface area contributed by atoms with Crippen LogP contribution in [0, 0.1) is 13.8 Å². The minimum Gasteiger partial charge on any atom is -0.497 e. The fraction of sp³-hybridized carbons (Fsp3) is 0.348. The van der Waals surface area contributed by atoms with E-state index < -0.39 is 0 Å². The summed E-state index contributed by atoms with van der Waals surface area (Å²) in [6.07, 6.45) is 2.28. The number of aromatic nitrogens is 2. The number of nitrogens with zero attached hydrogens (tertiary/aromatic N) is 4. The van der Waals surface area contributed by atoms with Gasteiger partial charge in [0, 0.05) is 43.9 Å². The number of hydrogen-bond donors (Lipinski definition) is 0. The van der Waals surface area contributed by atoms with E-state index in [9.17, 15) is 4.79 Å². The number of rotatable bonds is 5. The van der Waals surface area contributed by atoms with Gasteiger partial charge in [0.1, 0.15) is 17.4 Å². The molecule has 3 aromatic rings. The third-order valence-corrected chi connectivity index (χ3v) is 5.44. The highest BCUT2D eigenvalue weighted by Gasteiger charge is 2.26. The first-order valence-corrected chi connectivity index (χ1v) is 10.1. The van der Waals surface area contributed by atoms with Crippen molar-refractivity contribution in [3.8, 4) is 5.75 Å². The monoisotopic (exact) mass is 406 g/mol. The highest BCUT2D eigenvalue weighted by atomic mass is 16.5. The van der Waals surface area contributed by atoms with E-state index in [4.69, 9.17) is 14.1 Å². The van der Waals surface area contributed by atoms with Gasteiger partial charge in [0.2, 0.25) is 0 Å². The summed E-state index contributed by atoms with van der Waals surface area (Å²) in [5.41, 5.74) is 3.29. The second-order valence-corrected chi connectivity index (χ2v) is 7.44. The van der Waals surface area contributed by atoms with Gasteiger partial charge in [-0.2, -0.15) is 0 Å². The minimum absolute atomic E-state index is 0.0619. The van der Waals surface area contributed by atoms with Gasteiger partial charge in [0.05, 0.1) is 13.4 Å². The van der Waals surface area contributed by atoms with Crippen LogP contribution in [0.4, 0.5) is 5.82 Å². The van der Waals surface area contributed by atoms with Crippen LogP contribution in [-0.4, -0.2) is 54.1 Å². The average molecular weight is 406 g/mol. The van der Waals surface area contributed by atoms with Crippen LogP contribution in [0.2, 0.25) is 0 Å². The summed E-state index contributed by atoms with van der Waals surface area (Å²) < 4.78 is 10.5. The summed E-state index contributed by atoms with van der Waals surface area (Å²) in [5, 5.41) is 0. The molecule has 7 nitrogen and oxygen atoms in total. The van der Waals surface area contributed by atoms with Crippen molar-refractivity contribution in [1.29, 1.82) is 0 Å². The van der Waals surface area contributed by atoms with Gasteiger partial charge in [-0.3, -0.25) is 4.79 Å². The zero-order chi connectivity index (χ0) is 21.1. The summed E-state index contributed by atoms with van der Waals surface area (Å²) in [7, 11) is 1.67. The van der Waals surface area contributed by atoms with Crippen molar-refractivity contribution >= 4 is 11.7 Å². The molecule has 0 aliphatic carbocycles. The molecular weight excluding hydrogens is 380 g/mol. The van der Waals surface area contributed by atoms with Crippen LogP contribution in [-0.2, 0) is 6.42 Å². The Morgan fingerprint density at radius 3 is 2.43 bits per heavy atom. The number of carbonyl (C=O) groups excluding carboxylic acids is 1. The predicted molar refractivity (Wildman–Crippen MR) is 114 cm³/mol. The molecule has 0 atom stereocenters. The Morgan fingerprint density at radius 1 is 1.07 bits per heavy atom. The van der Waals surface area contributed by atoms with Gasteiger partial charge in [-0.05, 0) is 43.7 Å². The first-order chi connectivity index (χ1) is 14.5. The molecule has 0 radical (unpaired) electrons. The summed E-state index contributed by atoms with van der Waals surface area (Å²) >= 11 is 0. The van der Waals surface area contributed by atoms with Crippen LogP contribution < -0.4 is 9.64 Å². The van der Waals surface area contributed by atoms with Gasteiger partial charge in [-0.15, -0.1) is 0 Å². The smallest absolute Gasteiger partial charge is 0.289 e. The Hall–Kier alpha value is -3.35. The molecule has 1 aromatic carbocycles. The number of piperazine rings is 1. The third-order valence-electron chi connectivity index (χ3n) is 5.44. The molecule has 0 spiro atoms. The number of ether oxygens (including phenoxy) is 1. The lowest BCUT2D eigenvalue weighted by atomic mass is 10.0.